The second-order valence-corrected chi connectivity index (χ2v) is 5.78. The molecule has 1 rings (SSSR count). The van der Waals surface area contributed by atoms with E-state index in [0.717, 1.165) is 0 Å². The molecule has 7 heteroatoms. The van der Waals surface area contributed by atoms with Crippen LogP contribution in [0.2, 0.25) is 0 Å². The molecule has 0 aromatic heterocycles. The highest BCUT2D eigenvalue weighted by Gasteiger charge is 2.47. The molecule has 2 amide bonds. The molecule has 4 unspecified atom stereocenters. The maximum Gasteiger partial charge on any atom is 0.406 e. The largest absolute Gasteiger partial charge is 0.406 e. The molecule has 4 nitrogen and oxygen atoms in total. The van der Waals surface area contributed by atoms with Gasteiger partial charge < -0.3 is 10.2 Å². The molecule has 0 bridgehead atoms. The van der Waals surface area contributed by atoms with E-state index in [0.29, 0.717) is 17.7 Å². The van der Waals surface area contributed by atoms with Gasteiger partial charge >= 0.3 is 6.18 Å². The number of amides is 2. The van der Waals surface area contributed by atoms with Crippen LogP contribution in [-0.4, -0.2) is 41.5 Å². The molecule has 4 atom stereocenters. The van der Waals surface area contributed by atoms with Gasteiger partial charge in [0.15, 0.2) is 0 Å². The number of hydrogen-bond acceptors (Lipinski definition) is 2. The quantitative estimate of drug-likeness (QED) is 0.847. The molecular formula is C14H23F3N2O2. The fourth-order valence-electron chi connectivity index (χ4n) is 2.54. The average molecular weight is 308 g/mol. The minimum atomic E-state index is -4.51. The molecule has 1 aliphatic rings. The first-order valence-electron chi connectivity index (χ1n) is 7.29. The molecule has 1 saturated heterocycles. The Balaban J connectivity index is 3.11. The van der Waals surface area contributed by atoms with E-state index in [2.05, 4.69) is 5.32 Å². The third-order valence-electron chi connectivity index (χ3n) is 4.20. The lowest BCUT2D eigenvalue weighted by molar-refractivity contribution is -0.177. The molecular weight excluding hydrogens is 285 g/mol. The minimum absolute atomic E-state index is 0.199. The summed E-state index contributed by atoms with van der Waals surface area (Å²) in [5.74, 6) is -1.64. The van der Waals surface area contributed by atoms with Crippen molar-refractivity contribution in [3.63, 3.8) is 0 Å². The van der Waals surface area contributed by atoms with Gasteiger partial charge in [0.1, 0.15) is 18.6 Å². The summed E-state index contributed by atoms with van der Waals surface area (Å²) in [5, 5.41) is 2.60. The Morgan fingerprint density at radius 3 is 2.10 bits per heavy atom. The summed E-state index contributed by atoms with van der Waals surface area (Å²) < 4.78 is 38.3. The third-order valence-corrected chi connectivity index (χ3v) is 4.20. The number of piperazine rings is 1. The Labute approximate surface area is 123 Å². The van der Waals surface area contributed by atoms with Crippen molar-refractivity contribution < 1.29 is 22.8 Å². The Morgan fingerprint density at radius 1 is 1.14 bits per heavy atom. The van der Waals surface area contributed by atoms with Crippen LogP contribution in [0.3, 0.4) is 0 Å². The van der Waals surface area contributed by atoms with Crippen molar-refractivity contribution in [2.45, 2.75) is 58.8 Å². The fourth-order valence-corrected chi connectivity index (χ4v) is 2.54. The minimum Gasteiger partial charge on any atom is -0.342 e. The number of hydrogen-bond donors (Lipinski definition) is 1. The molecule has 0 aromatic carbocycles. The monoisotopic (exact) mass is 308 g/mol. The van der Waals surface area contributed by atoms with Crippen molar-refractivity contribution in [3.8, 4) is 0 Å². The summed E-state index contributed by atoms with van der Waals surface area (Å²) in [6.07, 6.45) is -3.39. The summed E-state index contributed by atoms with van der Waals surface area (Å²) in [7, 11) is 0. The Morgan fingerprint density at radius 2 is 1.67 bits per heavy atom. The van der Waals surface area contributed by atoms with Crippen molar-refractivity contribution in [3.05, 3.63) is 0 Å². The number of nitrogens with one attached hydrogen (secondary N) is 1. The van der Waals surface area contributed by atoms with Gasteiger partial charge in [-0.2, -0.15) is 13.2 Å². The van der Waals surface area contributed by atoms with Crippen molar-refractivity contribution in [1.29, 1.82) is 0 Å². The first kappa shape index (κ1) is 17.8. The molecule has 0 saturated carbocycles. The van der Waals surface area contributed by atoms with Crippen LogP contribution in [0, 0.1) is 11.8 Å². The summed E-state index contributed by atoms with van der Waals surface area (Å²) in [4.78, 5) is 25.3. The molecule has 122 valence electrons. The number of alkyl halides is 3. The second-order valence-electron chi connectivity index (χ2n) is 5.78. The van der Waals surface area contributed by atoms with E-state index in [9.17, 15) is 22.8 Å². The summed E-state index contributed by atoms with van der Waals surface area (Å²) in [5.41, 5.74) is 0. The van der Waals surface area contributed by atoms with Crippen molar-refractivity contribution in [2.75, 3.05) is 6.54 Å². The highest BCUT2D eigenvalue weighted by atomic mass is 19.4. The van der Waals surface area contributed by atoms with Gasteiger partial charge in [0, 0.05) is 0 Å². The molecule has 1 fully saturated rings. The van der Waals surface area contributed by atoms with Crippen LogP contribution >= 0.6 is 0 Å². The van der Waals surface area contributed by atoms with Crippen LogP contribution in [0.5, 0.6) is 0 Å². The SMILES string of the molecule is CCC(C)C1NC(=O)C(C(C)CC)N(CC(F)(F)F)C1=O. The van der Waals surface area contributed by atoms with Gasteiger partial charge in [-0.25, -0.2) is 0 Å². The number of carbonyl (C=O) groups is 2. The standard InChI is InChI=1S/C14H23F3N2O2/c1-5-8(3)10-13(21)19(7-14(15,16)17)11(9(4)6-2)12(20)18-10/h8-11H,5-7H2,1-4H3,(H,18,20). The molecule has 0 radical (unpaired) electrons. The van der Waals surface area contributed by atoms with Crippen LogP contribution in [0.4, 0.5) is 13.2 Å². The smallest absolute Gasteiger partial charge is 0.342 e. The first-order valence-corrected chi connectivity index (χ1v) is 7.29. The molecule has 0 aliphatic carbocycles. The highest BCUT2D eigenvalue weighted by molar-refractivity contribution is 5.97. The Kier molecular flexibility index (Phi) is 5.64. The van der Waals surface area contributed by atoms with E-state index in [1.807, 2.05) is 6.92 Å². The lowest BCUT2D eigenvalue weighted by Crippen LogP contribution is -2.67. The first-order chi connectivity index (χ1) is 9.62. The number of carbonyl (C=O) groups excluding carboxylic acids is 2. The van der Waals surface area contributed by atoms with E-state index in [1.54, 1.807) is 20.8 Å². The van der Waals surface area contributed by atoms with Crippen LogP contribution in [-0.2, 0) is 9.59 Å². The molecule has 0 spiro atoms. The van der Waals surface area contributed by atoms with E-state index >= 15 is 0 Å². The third kappa shape index (κ3) is 4.11. The van der Waals surface area contributed by atoms with Gasteiger partial charge in [-0.05, 0) is 11.8 Å². The van der Waals surface area contributed by atoms with E-state index in [1.165, 1.54) is 0 Å². The normalized spacial score (nSPS) is 26.5. The van der Waals surface area contributed by atoms with Gasteiger partial charge in [0.05, 0.1) is 0 Å². The molecule has 1 aliphatic heterocycles. The average Bonchev–Trinajstić information content (AvgIpc) is 2.39. The summed E-state index contributed by atoms with van der Waals surface area (Å²) in [6, 6.07) is -1.92. The number of rotatable bonds is 5. The van der Waals surface area contributed by atoms with Crippen LogP contribution in [0.25, 0.3) is 0 Å². The zero-order valence-electron chi connectivity index (χ0n) is 12.8. The molecule has 0 aromatic rings. The summed E-state index contributed by atoms with van der Waals surface area (Å²) >= 11 is 0. The van der Waals surface area contributed by atoms with Crippen molar-refractivity contribution in [1.82, 2.24) is 10.2 Å². The van der Waals surface area contributed by atoms with Crippen molar-refractivity contribution in [2.24, 2.45) is 11.8 Å². The second kappa shape index (κ2) is 6.66. The van der Waals surface area contributed by atoms with E-state index in [4.69, 9.17) is 0 Å². The fraction of sp³-hybridized carbons (Fsp3) is 0.857. The van der Waals surface area contributed by atoms with Crippen molar-refractivity contribution >= 4 is 11.8 Å². The molecule has 21 heavy (non-hydrogen) atoms. The van der Waals surface area contributed by atoms with Crippen LogP contribution < -0.4 is 5.32 Å². The number of nitrogens with zero attached hydrogens (tertiary/aromatic N) is 1. The summed E-state index contributed by atoms with van der Waals surface area (Å²) in [6.45, 7) is 5.68. The van der Waals surface area contributed by atoms with Gasteiger partial charge in [0.2, 0.25) is 11.8 Å². The van der Waals surface area contributed by atoms with Crippen LogP contribution in [0.1, 0.15) is 40.5 Å². The molecule has 1 heterocycles. The Bertz CT molecular complexity index is 398. The predicted molar refractivity (Wildman–Crippen MR) is 72.4 cm³/mol. The maximum absolute atomic E-state index is 12.8. The topological polar surface area (TPSA) is 49.4 Å². The lowest BCUT2D eigenvalue weighted by atomic mass is 9.89. The zero-order chi connectivity index (χ0) is 16.4. The maximum atomic E-state index is 12.8. The lowest BCUT2D eigenvalue weighted by Gasteiger charge is -2.43. The van der Waals surface area contributed by atoms with E-state index < -0.39 is 36.6 Å². The van der Waals surface area contributed by atoms with Gasteiger partial charge in [0.25, 0.3) is 0 Å². The predicted octanol–water partition coefficient (Wildman–Crippen LogP) is 2.34. The highest BCUT2D eigenvalue weighted by Crippen LogP contribution is 2.27. The van der Waals surface area contributed by atoms with Gasteiger partial charge in [-0.1, -0.05) is 40.5 Å². The zero-order valence-corrected chi connectivity index (χ0v) is 12.8. The Hall–Kier alpha value is -1.27. The van der Waals surface area contributed by atoms with E-state index in [-0.39, 0.29) is 11.8 Å². The van der Waals surface area contributed by atoms with Gasteiger partial charge in [-0.3, -0.25) is 9.59 Å². The number of halogens is 3. The van der Waals surface area contributed by atoms with Gasteiger partial charge in [-0.15, -0.1) is 0 Å². The molecule has 1 N–H and O–H groups in total. The van der Waals surface area contributed by atoms with Crippen LogP contribution in [0.15, 0.2) is 0 Å².